The van der Waals surface area contributed by atoms with Gasteiger partial charge in [0.15, 0.2) is 15.8 Å². The number of hydrogen-bond donors (Lipinski definition) is 2. The van der Waals surface area contributed by atoms with Crippen molar-refractivity contribution in [3.63, 3.8) is 0 Å². The van der Waals surface area contributed by atoms with Gasteiger partial charge in [0, 0.05) is 19.3 Å². The molecule has 0 spiro atoms. The summed E-state index contributed by atoms with van der Waals surface area (Å²) in [7, 11) is -3.11. The Balaban J connectivity index is 1.78. The lowest BCUT2D eigenvalue weighted by Crippen LogP contribution is -2.38. The molecule has 6 nitrogen and oxygen atoms in total. The van der Waals surface area contributed by atoms with Gasteiger partial charge in [-0.15, -0.1) is 0 Å². The van der Waals surface area contributed by atoms with E-state index in [2.05, 4.69) is 20.6 Å². The summed E-state index contributed by atoms with van der Waals surface area (Å²) >= 11 is 0. The first kappa shape index (κ1) is 19.9. The van der Waals surface area contributed by atoms with Gasteiger partial charge >= 0.3 is 0 Å². The summed E-state index contributed by atoms with van der Waals surface area (Å²) in [4.78, 5) is 8.71. The van der Waals surface area contributed by atoms with E-state index in [1.165, 1.54) is 0 Å². The van der Waals surface area contributed by atoms with E-state index < -0.39 is 9.84 Å². The van der Waals surface area contributed by atoms with Crippen LogP contribution in [0.2, 0.25) is 0 Å². The van der Waals surface area contributed by atoms with Gasteiger partial charge in [-0.2, -0.15) is 0 Å². The first-order valence-corrected chi connectivity index (χ1v) is 10.6. The van der Waals surface area contributed by atoms with Crippen molar-refractivity contribution < 1.29 is 8.42 Å². The maximum atomic E-state index is 12.2. The number of aromatic nitrogens is 1. The molecule has 0 bridgehead atoms. The monoisotopic (exact) mass is 374 g/mol. The van der Waals surface area contributed by atoms with Crippen LogP contribution < -0.4 is 10.6 Å². The van der Waals surface area contributed by atoms with Crippen LogP contribution in [-0.2, 0) is 22.1 Å². The van der Waals surface area contributed by atoms with Gasteiger partial charge in [-0.1, -0.05) is 36.4 Å². The van der Waals surface area contributed by atoms with Crippen LogP contribution in [0.15, 0.2) is 59.7 Å². The van der Waals surface area contributed by atoms with E-state index in [4.69, 9.17) is 0 Å². The predicted octanol–water partition coefficient (Wildman–Crippen LogP) is 2.14. The highest BCUT2D eigenvalue weighted by molar-refractivity contribution is 7.90. The molecule has 1 heterocycles. The molecular formula is C19H26N4O2S. The minimum absolute atomic E-state index is 0.0850. The Morgan fingerprint density at radius 2 is 1.85 bits per heavy atom. The van der Waals surface area contributed by atoms with E-state index in [-0.39, 0.29) is 11.5 Å². The summed E-state index contributed by atoms with van der Waals surface area (Å²) in [6.07, 6.45) is 2.27. The molecule has 0 aliphatic carbocycles. The third-order valence-electron chi connectivity index (χ3n) is 3.62. The van der Waals surface area contributed by atoms with E-state index in [0.29, 0.717) is 25.5 Å². The Morgan fingerprint density at radius 1 is 1.08 bits per heavy atom. The molecule has 1 aromatic heterocycles. The fraction of sp³-hybridized carbons (Fsp3) is 0.368. The number of sulfone groups is 1. The van der Waals surface area contributed by atoms with Gasteiger partial charge < -0.3 is 10.6 Å². The zero-order valence-corrected chi connectivity index (χ0v) is 15.9. The Bertz CT molecular complexity index is 778. The second kappa shape index (κ2) is 10.6. The normalized spacial score (nSPS) is 12.0. The highest BCUT2D eigenvalue weighted by Gasteiger charge is 2.11. The Morgan fingerprint density at radius 3 is 2.54 bits per heavy atom. The number of nitrogens with one attached hydrogen (secondary N) is 2. The molecular weight excluding hydrogens is 348 g/mol. The minimum Gasteiger partial charge on any atom is -0.357 e. The van der Waals surface area contributed by atoms with Gasteiger partial charge in [-0.3, -0.25) is 4.98 Å². The molecule has 0 unspecified atom stereocenters. The number of pyridine rings is 1. The van der Waals surface area contributed by atoms with Crippen LogP contribution in [0.5, 0.6) is 0 Å². The number of rotatable bonds is 9. The first-order valence-electron chi connectivity index (χ1n) is 8.75. The van der Waals surface area contributed by atoms with Crippen molar-refractivity contribution in [2.24, 2.45) is 4.99 Å². The highest BCUT2D eigenvalue weighted by atomic mass is 32.2. The van der Waals surface area contributed by atoms with Crippen molar-refractivity contribution in [1.29, 1.82) is 0 Å². The number of hydrogen-bond acceptors (Lipinski definition) is 4. The third kappa shape index (κ3) is 7.65. The maximum absolute atomic E-state index is 12.2. The average Bonchev–Trinajstić information content (AvgIpc) is 2.64. The fourth-order valence-corrected chi connectivity index (χ4v) is 3.82. The standard InChI is InChI=1S/C19H26N4O2S/c1-2-20-19(23-15-18-11-6-7-12-21-18)22-13-8-14-26(24,25)16-17-9-4-3-5-10-17/h3-7,9-12H,2,8,13-16H2,1H3,(H2,20,22,23). The molecule has 0 saturated carbocycles. The molecule has 140 valence electrons. The van der Waals surface area contributed by atoms with Gasteiger partial charge in [0.25, 0.3) is 0 Å². The van der Waals surface area contributed by atoms with Crippen LogP contribution >= 0.6 is 0 Å². The van der Waals surface area contributed by atoms with E-state index >= 15 is 0 Å². The van der Waals surface area contributed by atoms with Crippen molar-refractivity contribution in [1.82, 2.24) is 15.6 Å². The second-order valence-corrected chi connectivity index (χ2v) is 8.06. The zero-order valence-electron chi connectivity index (χ0n) is 15.1. The molecule has 7 heteroatoms. The molecule has 1 aromatic carbocycles. The lowest BCUT2D eigenvalue weighted by molar-refractivity contribution is 0.591. The van der Waals surface area contributed by atoms with E-state index in [0.717, 1.165) is 17.8 Å². The highest BCUT2D eigenvalue weighted by Crippen LogP contribution is 2.06. The molecule has 0 amide bonds. The van der Waals surface area contributed by atoms with Gasteiger partial charge in [-0.05, 0) is 31.0 Å². The van der Waals surface area contributed by atoms with Crippen LogP contribution in [0.4, 0.5) is 0 Å². The van der Waals surface area contributed by atoms with Crippen LogP contribution in [0.1, 0.15) is 24.6 Å². The van der Waals surface area contributed by atoms with Crippen LogP contribution in [0.3, 0.4) is 0 Å². The molecule has 0 atom stereocenters. The van der Waals surface area contributed by atoms with E-state index in [1.54, 1.807) is 6.20 Å². The lowest BCUT2D eigenvalue weighted by atomic mass is 10.2. The van der Waals surface area contributed by atoms with E-state index in [1.807, 2.05) is 55.5 Å². The average molecular weight is 375 g/mol. The minimum atomic E-state index is -3.11. The predicted molar refractivity (Wildman–Crippen MR) is 106 cm³/mol. The molecule has 0 aliphatic rings. The summed E-state index contributed by atoms with van der Waals surface area (Å²) in [5.74, 6) is 0.898. The molecule has 0 saturated heterocycles. The van der Waals surface area contributed by atoms with Gasteiger partial charge in [0.05, 0.1) is 23.7 Å². The smallest absolute Gasteiger partial charge is 0.191 e. The Kier molecular flexibility index (Phi) is 8.08. The van der Waals surface area contributed by atoms with Crippen molar-refractivity contribution >= 4 is 15.8 Å². The summed E-state index contributed by atoms with van der Waals surface area (Å²) in [6, 6.07) is 15.0. The van der Waals surface area contributed by atoms with Crippen LogP contribution in [0.25, 0.3) is 0 Å². The molecule has 26 heavy (non-hydrogen) atoms. The van der Waals surface area contributed by atoms with Crippen molar-refractivity contribution in [2.75, 3.05) is 18.8 Å². The second-order valence-electron chi connectivity index (χ2n) is 5.87. The molecule has 2 aromatic rings. The fourth-order valence-electron chi connectivity index (χ4n) is 2.39. The summed E-state index contributed by atoms with van der Waals surface area (Å²) in [5, 5.41) is 6.33. The molecule has 0 fully saturated rings. The SMILES string of the molecule is CCNC(=NCc1ccccn1)NCCCS(=O)(=O)Cc1ccccc1. The summed E-state index contributed by atoms with van der Waals surface area (Å²) in [5.41, 5.74) is 1.71. The van der Waals surface area contributed by atoms with E-state index in [9.17, 15) is 8.42 Å². The quantitative estimate of drug-likeness (QED) is 0.399. The summed E-state index contributed by atoms with van der Waals surface area (Å²) in [6.45, 7) is 3.74. The van der Waals surface area contributed by atoms with Gasteiger partial charge in [0.2, 0.25) is 0 Å². The number of guanidine groups is 1. The first-order chi connectivity index (χ1) is 12.6. The number of benzene rings is 1. The van der Waals surface area contributed by atoms with Crippen LogP contribution in [-0.4, -0.2) is 38.2 Å². The molecule has 0 aliphatic heterocycles. The van der Waals surface area contributed by atoms with Gasteiger partial charge in [-0.25, -0.2) is 13.4 Å². The topological polar surface area (TPSA) is 83.4 Å². The molecule has 2 N–H and O–H groups in total. The van der Waals surface area contributed by atoms with Crippen molar-refractivity contribution in [2.45, 2.75) is 25.6 Å². The number of aliphatic imine (C=N–C) groups is 1. The zero-order chi connectivity index (χ0) is 18.7. The Hall–Kier alpha value is -2.41. The van der Waals surface area contributed by atoms with Crippen molar-refractivity contribution in [3.05, 3.63) is 66.0 Å². The molecule has 0 radical (unpaired) electrons. The summed E-state index contributed by atoms with van der Waals surface area (Å²) < 4.78 is 24.4. The lowest BCUT2D eigenvalue weighted by Gasteiger charge is -2.11. The Labute approximate surface area is 155 Å². The largest absolute Gasteiger partial charge is 0.357 e. The van der Waals surface area contributed by atoms with Gasteiger partial charge in [0.1, 0.15) is 0 Å². The van der Waals surface area contributed by atoms with Crippen molar-refractivity contribution in [3.8, 4) is 0 Å². The van der Waals surface area contributed by atoms with Crippen LogP contribution in [0, 0.1) is 0 Å². The number of nitrogens with zero attached hydrogens (tertiary/aromatic N) is 2. The maximum Gasteiger partial charge on any atom is 0.191 e. The third-order valence-corrected chi connectivity index (χ3v) is 5.31. The molecule has 2 rings (SSSR count).